The molecule has 10 heteroatoms. The summed E-state index contributed by atoms with van der Waals surface area (Å²) in [5.41, 5.74) is 3.15. The lowest BCUT2D eigenvalue weighted by molar-refractivity contribution is 0.601. The molecular weight excluding hydrogens is 334 g/mol. The van der Waals surface area contributed by atoms with Crippen molar-refractivity contribution < 1.29 is 8.42 Å². The molecule has 0 unspecified atom stereocenters. The maximum Gasteiger partial charge on any atom is 0.265 e. The van der Waals surface area contributed by atoms with Crippen molar-refractivity contribution in [2.75, 3.05) is 10.1 Å². The normalized spacial score (nSPS) is 11.4. The van der Waals surface area contributed by atoms with Crippen LogP contribution < -0.4 is 16.0 Å². The number of sulfonamides is 1. The van der Waals surface area contributed by atoms with Gasteiger partial charge in [0.2, 0.25) is 0 Å². The molecule has 2 aromatic rings. The first-order valence-electron chi connectivity index (χ1n) is 5.98. The van der Waals surface area contributed by atoms with E-state index in [1.54, 1.807) is 0 Å². The van der Waals surface area contributed by atoms with Crippen LogP contribution in [0.1, 0.15) is 17.5 Å². The molecule has 2 rings (SSSR count). The quantitative estimate of drug-likeness (QED) is 0.564. The Hall–Kier alpha value is -1.42. The van der Waals surface area contributed by atoms with Crippen molar-refractivity contribution in [2.45, 2.75) is 25.2 Å². The van der Waals surface area contributed by atoms with Gasteiger partial charge < -0.3 is 5.43 Å². The number of hydrogen-bond acceptors (Lipinski definition) is 7. The maximum absolute atomic E-state index is 12.3. The predicted octanol–water partition coefficient (Wildman–Crippen LogP) is 2.15. The molecule has 0 aliphatic rings. The smallest absolute Gasteiger partial charge is 0.265 e. The number of aromatic nitrogens is 2. The van der Waals surface area contributed by atoms with E-state index in [1.165, 1.54) is 23.6 Å². The van der Waals surface area contributed by atoms with Crippen molar-refractivity contribution in [1.82, 2.24) is 9.97 Å². The van der Waals surface area contributed by atoms with Crippen LogP contribution in [0.4, 0.5) is 10.9 Å². The van der Waals surface area contributed by atoms with Gasteiger partial charge in [0, 0.05) is 11.1 Å². The second-order valence-electron chi connectivity index (χ2n) is 4.13. The van der Waals surface area contributed by atoms with Gasteiger partial charge in [-0.3, -0.25) is 4.72 Å². The zero-order valence-corrected chi connectivity index (χ0v) is 13.7. The fourth-order valence-corrected chi connectivity index (χ4v) is 4.04. The Balaban J connectivity index is 2.31. The molecule has 0 aliphatic heterocycles. The van der Waals surface area contributed by atoms with Crippen molar-refractivity contribution in [1.29, 1.82) is 0 Å². The van der Waals surface area contributed by atoms with Crippen molar-refractivity contribution in [3.05, 3.63) is 27.9 Å². The molecule has 0 fully saturated rings. The van der Waals surface area contributed by atoms with E-state index in [9.17, 15) is 8.42 Å². The summed E-state index contributed by atoms with van der Waals surface area (Å²) in [7, 11) is -3.79. The summed E-state index contributed by atoms with van der Waals surface area (Å²) in [4.78, 5) is 9.00. The SMILES string of the molecule is CCc1nc(NS(=O)(=O)c2cnc(NN)c(Cl)c2)sc1C. The average molecular weight is 348 g/mol. The third-order valence-corrected chi connectivity index (χ3v) is 5.36. The van der Waals surface area contributed by atoms with Gasteiger partial charge in [0.25, 0.3) is 10.0 Å². The van der Waals surface area contributed by atoms with Crippen LogP contribution in [0.15, 0.2) is 17.2 Å². The minimum absolute atomic E-state index is 0.0580. The summed E-state index contributed by atoms with van der Waals surface area (Å²) in [6.07, 6.45) is 1.92. The Morgan fingerprint density at radius 3 is 2.71 bits per heavy atom. The second-order valence-corrected chi connectivity index (χ2v) is 7.42. The summed E-state index contributed by atoms with van der Waals surface area (Å²) >= 11 is 7.17. The summed E-state index contributed by atoms with van der Waals surface area (Å²) in [5, 5.41) is 0.437. The first-order chi connectivity index (χ1) is 9.87. The zero-order chi connectivity index (χ0) is 15.6. The van der Waals surface area contributed by atoms with E-state index in [0.717, 1.165) is 17.0 Å². The van der Waals surface area contributed by atoms with E-state index in [2.05, 4.69) is 20.1 Å². The fourth-order valence-electron chi connectivity index (χ4n) is 1.65. The Morgan fingerprint density at radius 2 is 2.19 bits per heavy atom. The lowest BCUT2D eigenvalue weighted by atomic mass is 10.3. The second kappa shape index (κ2) is 6.14. The third-order valence-electron chi connectivity index (χ3n) is 2.71. The lowest BCUT2D eigenvalue weighted by Gasteiger charge is -2.07. The number of rotatable bonds is 5. The number of halogens is 1. The molecule has 21 heavy (non-hydrogen) atoms. The zero-order valence-electron chi connectivity index (χ0n) is 11.3. The molecule has 0 amide bonds. The van der Waals surface area contributed by atoms with Crippen LogP contribution in [0.25, 0.3) is 0 Å². The molecule has 0 saturated heterocycles. The third kappa shape index (κ3) is 3.43. The van der Waals surface area contributed by atoms with Gasteiger partial charge in [-0.25, -0.2) is 24.2 Å². The van der Waals surface area contributed by atoms with Gasteiger partial charge in [-0.1, -0.05) is 18.5 Å². The van der Waals surface area contributed by atoms with E-state index in [1.807, 2.05) is 13.8 Å². The van der Waals surface area contributed by atoms with Gasteiger partial charge in [-0.2, -0.15) is 0 Å². The number of hydrogen-bond donors (Lipinski definition) is 3. The minimum atomic E-state index is -3.79. The molecular formula is C11H14ClN5O2S2. The molecule has 0 radical (unpaired) electrons. The largest absolute Gasteiger partial charge is 0.307 e. The first-order valence-corrected chi connectivity index (χ1v) is 8.66. The van der Waals surface area contributed by atoms with Gasteiger partial charge in [0.15, 0.2) is 10.9 Å². The number of nitrogens with two attached hydrogens (primary N) is 1. The fraction of sp³-hybridized carbons (Fsp3) is 0.273. The molecule has 0 bridgehead atoms. The molecule has 2 heterocycles. The Morgan fingerprint density at radius 1 is 1.48 bits per heavy atom. The van der Waals surface area contributed by atoms with Crippen molar-refractivity contribution in [3.63, 3.8) is 0 Å². The molecule has 0 atom stereocenters. The van der Waals surface area contributed by atoms with Crippen LogP contribution in [-0.4, -0.2) is 18.4 Å². The van der Waals surface area contributed by atoms with Crippen LogP contribution in [-0.2, 0) is 16.4 Å². The van der Waals surface area contributed by atoms with Gasteiger partial charge >= 0.3 is 0 Å². The van der Waals surface area contributed by atoms with Gasteiger partial charge in [-0.15, -0.1) is 11.3 Å². The summed E-state index contributed by atoms with van der Waals surface area (Å²) in [6, 6.07) is 1.27. The molecule has 2 aromatic heterocycles. The highest BCUT2D eigenvalue weighted by Gasteiger charge is 2.19. The summed E-state index contributed by atoms with van der Waals surface area (Å²) in [5.74, 6) is 5.40. The van der Waals surface area contributed by atoms with Crippen molar-refractivity contribution >= 4 is 43.9 Å². The monoisotopic (exact) mass is 347 g/mol. The van der Waals surface area contributed by atoms with E-state index in [-0.39, 0.29) is 15.7 Å². The number of pyridine rings is 1. The maximum atomic E-state index is 12.3. The highest BCUT2D eigenvalue weighted by molar-refractivity contribution is 7.93. The Kier molecular flexibility index (Phi) is 4.67. The summed E-state index contributed by atoms with van der Waals surface area (Å²) < 4.78 is 27.0. The predicted molar refractivity (Wildman–Crippen MR) is 84.1 cm³/mol. The molecule has 0 aliphatic carbocycles. The number of nitrogens with zero attached hydrogens (tertiary/aromatic N) is 2. The molecule has 0 aromatic carbocycles. The van der Waals surface area contributed by atoms with Gasteiger partial charge in [-0.05, 0) is 19.4 Å². The van der Waals surface area contributed by atoms with Gasteiger partial charge in [0.1, 0.15) is 4.90 Å². The van der Waals surface area contributed by atoms with Crippen LogP contribution in [0.5, 0.6) is 0 Å². The van der Waals surface area contributed by atoms with Crippen molar-refractivity contribution in [2.24, 2.45) is 5.84 Å². The first kappa shape index (κ1) is 16.0. The molecule has 114 valence electrons. The van der Waals surface area contributed by atoms with E-state index < -0.39 is 10.0 Å². The highest BCUT2D eigenvalue weighted by atomic mass is 35.5. The standard InChI is InChI=1S/C11H14ClN5O2S2/c1-3-9-6(2)20-11(15-9)17-21(18,19)7-4-8(12)10(16-13)14-5-7/h4-5H,3,13H2,1-2H3,(H,14,16)(H,15,17). The van der Waals surface area contributed by atoms with Crippen LogP contribution in [0, 0.1) is 6.92 Å². The summed E-state index contributed by atoms with van der Waals surface area (Å²) in [6.45, 7) is 3.86. The molecule has 7 nitrogen and oxygen atoms in total. The Labute approximate surface area is 131 Å². The highest BCUT2D eigenvalue weighted by Crippen LogP contribution is 2.26. The number of anilines is 2. The minimum Gasteiger partial charge on any atom is -0.307 e. The van der Waals surface area contributed by atoms with Crippen LogP contribution in [0.2, 0.25) is 5.02 Å². The van der Waals surface area contributed by atoms with Crippen LogP contribution >= 0.6 is 22.9 Å². The topological polar surface area (TPSA) is 110 Å². The average Bonchev–Trinajstić information content (AvgIpc) is 2.77. The number of nitrogens with one attached hydrogen (secondary N) is 2. The lowest BCUT2D eigenvalue weighted by Crippen LogP contribution is -2.14. The van der Waals surface area contributed by atoms with E-state index in [4.69, 9.17) is 17.4 Å². The molecule has 0 saturated carbocycles. The number of aryl methyl sites for hydroxylation is 2. The van der Waals surface area contributed by atoms with Gasteiger partial charge in [0.05, 0.1) is 10.7 Å². The number of thiazole rings is 1. The van der Waals surface area contributed by atoms with Crippen LogP contribution in [0.3, 0.4) is 0 Å². The van der Waals surface area contributed by atoms with Crippen molar-refractivity contribution in [3.8, 4) is 0 Å². The number of nitrogen functional groups attached to an aromatic ring is 1. The molecule has 4 N–H and O–H groups in total. The Bertz CT molecular complexity index is 760. The van der Waals surface area contributed by atoms with E-state index >= 15 is 0 Å². The molecule has 0 spiro atoms. The number of hydrazine groups is 1. The van der Waals surface area contributed by atoms with E-state index in [0.29, 0.717) is 5.13 Å².